The van der Waals surface area contributed by atoms with Gasteiger partial charge in [0.2, 0.25) is 0 Å². The van der Waals surface area contributed by atoms with Gasteiger partial charge in [0.05, 0.1) is 5.41 Å². The second-order valence-electron chi connectivity index (χ2n) is 5.38. The van der Waals surface area contributed by atoms with Crippen LogP contribution in [-0.4, -0.2) is 29.1 Å². The number of hydrogen-bond acceptors (Lipinski definition) is 2. The van der Waals surface area contributed by atoms with Crippen LogP contribution in [0.3, 0.4) is 0 Å². The fourth-order valence-corrected chi connectivity index (χ4v) is 3.08. The quantitative estimate of drug-likeness (QED) is 0.926. The SMILES string of the molecule is CC1(C(=O)O)CCCN(Cc2c(Cl)cccc2Cl)C1. The topological polar surface area (TPSA) is 40.5 Å². The molecule has 0 aliphatic carbocycles. The molecular weight excluding hydrogens is 285 g/mol. The molecule has 104 valence electrons. The lowest BCUT2D eigenvalue weighted by molar-refractivity contribution is -0.151. The highest BCUT2D eigenvalue weighted by atomic mass is 35.5. The number of likely N-dealkylation sites (tertiary alicyclic amines) is 1. The van der Waals surface area contributed by atoms with E-state index in [2.05, 4.69) is 4.90 Å². The summed E-state index contributed by atoms with van der Waals surface area (Å²) in [5.74, 6) is -0.734. The molecule has 1 unspecified atom stereocenters. The van der Waals surface area contributed by atoms with Crippen LogP contribution in [-0.2, 0) is 11.3 Å². The van der Waals surface area contributed by atoms with Crippen LogP contribution in [0.5, 0.6) is 0 Å². The average Bonchev–Trinajstić information content (AvgIpc) is 2.34. The van der Waals surface area contributed by atoms with E-state index in [1.54, 1.807) is 6.92 Å². The van der Waals surface area contributed by atoms with Gasteiger partial charge in [-0.2, -0.15) is 0 Å². The van der Waals surface area contributed by atoms with Crippen molar-refractivity contribution in [1.82, 2.24) is 4.90 Å². The average molecular weight is 302 g/mol. The van der Waals surface area contributed by atoms with E-state index >= 15 is 0 Å². The molecule has 1 heterocycles. The van der Waals surface area contributed by atoms with E-state index in [0.717, 1.165) is 24.9 Å². The minimum Gasteiger partial charge on any atom is -0.481 e. The predicted octanol–water partition coefficient (Wildman–Crippen LogP) is 3.68. The van der Waals surface area contributed by atoms with Crippen LogP contribution in [0.25, 0.3) is 0 Å². The highest BCUT2D eigenvalue weighted by Crippen LogP contribution is 2.32. The van der Waals surface area contributed by atoms with Crippen LogP contribution in [0.1, 0.15) is 25.3 Å². The van der Waals surface area contributed by atoms with Gasteiger partial charge in [0.15, 0.2) is 0 Å². The van der Waals surface area contributed by atoms with Crippen LogP contribution in [0.2, 0.25) is 10.0 Å². The van der Waals surface area contributed by atoms with Crippen LogP contribution in [0.15, 0.2) is 18.2 Å². The third-order valence-corrected chi connectivity index (χ3v) is 4.44. The van der Waals surface area contributed by atoms with Crippen molar-refractivity contribution in [3.63, 3.8) is 0 Å². The standard InChI is InChI=1S/C14H17Cl2NO2/c1-14(13(18)19)6-3-7-17(9-14)8-10-11(15)4-2-5-12(10)16/h2,4-5H,3,6-9H2,1H3,(H,18,19). The van der Waals surface area contributed by atoms with E-state index in [1.165, 1.54) is 0 Å². The molecule has 0 aromatic heterocycles. The van der Waals surface area contributed by atoms with Gasteiger partial charge in [0.25, 0.3) is 0 Å². The van der Waals surface area contributed by atoms with E-state index < -0.39 is 11.4 Å². The minimum absolute atomic E-state index is 0.532. The van der Waals surface area contributed by atoms with E-state index in [-0.39, 0.29) is 0 Å². The second kappa shape index (κ2) is 5.70. The lowest BCUT2D eigenvalue weighted by Gasteiger charge is -2.37. The molecule has 1 aromatic carbocycles. The lowest BCUT2D eigenvalue weighted by Crippen LogP contribution is -2.45. The number of carboxylic acids is 1. The Hall–Kier alpha value is -0.770. The van der Waals surface area contributed by atoms with Crippen LogP contribution in [0.4, 0.5) is 0 Å². The summed E-state index contributed by atoms with van der Waals surface area (Å²) in [7, 11) is 0. The first-order chi connectivity index (χ1) is 8.92. The zero-order valence-corrected chi connectivity index (χ0v) is 12.3. The van der Waals surface area contributed by atoms with Gasteiger partial charge < -0.3 is 5.11 Å². The van der Waals surface area contributed by atoms with E-state index in [1.807, 2.05) is 18.2 Å². The van der Waals surface area contributed by atoms with Crippen molar-refractivity contribution in [2.75, 3.05) is 13.1 Å². The minimum atomic E-state index is -0.734. The first-order valence-electron chi connectivity index (χ1n) is 6.31. The summed E-state index contributed by atoms with van der Waals surface area (Å²) in [6.45, 7) is 3.81. The van der Waals surface area contributed by atoms with Gasteiger partial charge in [0, 0.05) is 28.7 Å². The van der Waals surface area contributed by atoms with Gasteiger partial charge in [0.1, 0.15) is 0 Å². The van der Waals surface area contributed by atoms with Gasteiger partial charge >= 0.3 is 5.97 Å². The molecule has 1 saturated heterocycles. The Morgan fingerprint density at radius 2 is 2.05 bits per heavy atom. The number of carboxylic acid groups (broad SMARTS) is 1. The molecule has 0 saturated carbocycles. The number of carbonyl (C=O) groups is 1. The smallest absolute Gasteiger partial charge is 0.310 e. The Morgan fingerprint density at radius 1 is 1.42 bits per heavy atom. The van der Waals surface area contributed by atoms with Crippen molar-refractivity contribution in [1.29, 1.82) is 0 Å². The van der Waals surface area contributed by atoms with Crippen LogP contribution < -0.4 is 0 Å². The van der Waals surface area contributed by atoms with Crippen molar-refractivity contribution in [2.45, 2.75) is 26.3 Å². The number of piperidine rings is 1. The summed E-state index contributed by atoms with van der Waals surface area (Å²) in [4.78, 5) is 13.4. The molecule has 1 aliphatic rings. The molecule has 5 heteroatoms. The maximum absolute atomic E-state index is 11.3. The molecule has 0 spiro atoms. The fraction of sp³-hybridized carbons (Fsp3) is 0.500. The first kappa shape index (κ1) is 14.6. The number of halogens is 2. The highest BCUT2D eigenvalue weighted by Gasteiger charge is 2.37. The van der Waals surface area contributed by atoms with E-state index in [4.69, 9.17) is 23.2 Å². The first-order valence-corrected chi connectivity index (χ1v) is 7.06. The summed E-state index contributed by atoms with van der Waals surface area (Å²) < 4.78 is 0. The largest absolute Gasteiger partial charge is 0.481 e. The molecule has 1 atom stereocenters. The molecule has 3 nitrogen and oxygen atoms in total. The van der Waals surface area contributed by atoms with Gasteiger partial charge in [-0.1, -0.05) is 29.3 Å². The van der Waals surface area contributed by atoms with Crippen LogP contribution in [0, 0.1) is 5.41 Å². The molecular formula is C14H17Cl2NO2. The van der Waals surface area contributed by atoms with Crippen molar-refractivity contribution in [3.8, 4) is 0 Å². The Kier molecular flexibility index (Phi) is 4.39. The summed E-state index contributed by atoms with van der Waals surface area (Å²) in [6, 6.07) is 5.43. The second-order valence-corrected chi connectivity index (χ2v) is 6.19. The zero-order valence-electron chi connectivity index (χ0n) is 10.8. The van der Waals surface area contributed by atoms with Gasteiger partial charge in [-0.25, -0.2) is 0 Å². The molecule has 1 N–H and O–H groups in total. The number of aliphatic carboxylic acids is 1. The van der Waals surface area contributed by atoms with Crippen molar-refractivity contribution in [2.24, 2.45) is 5.41 Å². The van der Waals surface area contributed by atoms with Crippen molar-refractivity contribution >= 4 is 29.2 Å². The fourth-order valence-electron chi connectivity index (χ4n) is 2.56. The Labute approximate surface area is 123 Å². The number of hydrogen-bond donors (Lipinski definition) is 1. The number of nitrogens with zero attached hydrogens (tertiary/aromatic N) is 1. The maximum atomic E-state index is 11.3. The third kappa shape index (κ3) is 3.22. The predicted molar refractivity (Wildman–Crippen MR) is 76.7 cm³/mol. The van der Waals surface area contributed by atoms with E-state index in [9.17, 15) is 9.90 Å². The summed E-state index contributed by atoms with van der Waals surface area (Å²) in [5.41, 5.74) is 0.201. The zero-order chi connectivity index (χ0) is 14.0. The molecule has 0 radical (unpaired) electrons. The van der Waals surface area contributed by atoms with Gasteiger partial charge in [-0.3, -0.25) is 9.69 Å². The summed E-state index contributed by atoms with van der Waals surface area (Å²) in [6.07, 6.45) is 1.60. The van der Waals surface area contributed by atoms with Gasteiger partial charge in [-0.15, -0.1) is 0 Å². The Bertz CT molecular complexity index is 472. The van der Waals surface area contributed by atoms with Gasteiger partial charge in [-0.05, 0) is 38.4 Å². The molecule has 1 aromatic rings. The van der Waals surface area contributed by atoms with Crippen LogP contribution >= 0.6 is 23.2 Å². The van der Waals surface area contributed by atoms with Crippen molar-refractivity contribution < 1.29 is 9.90 Å². The normalized spacial score (nSPS) is 24.4. The molecule has 0 amide bonds. The summed E-state index contributed by atoms with van der Waals surface area (Å²) >= 11 is 12.3. The lowest BCUT2D eigenvalue weighted by atomic mass is 9.82. The molecule has 19 heavy (non-hydrogen) atoms. The number of benzene rings is 1. The molecule has 2 rings (SSSR count). The summed E-state index contributed by atoms with van der Waals surface area (Å²) in [5, 5.41) is 10.6. The molecule has 1 fully saturated rings. The van der Waals surface area contributed by atoms with E-state index in [0.29, 0.717) is 23.1 Å². The monoisotopic (exact) mass is 301 g/mol. The van der Waals surface area contributed by atoms with Crippen molar-refractivity contribution in [3.05, 3.63) is 33.8 Å². The molecule has 1 aliphatic heterocycles. The molecule has 0 bridgehead atoms. The highest BCUT2D eigenvalue weighted by molar-refractivity contribution is 6.35. The third-order valence-electron chi connectivity index (χ3n) is 3.74. The Morgan fingerprint density at radius 3 is 2.63 bits per heavy atom. The Balaban J connectivity index is 2.13. The maximum Gasteiger partial charge on any atom is 0.310 e. The number of rotatable bonds is 3.